The molecule has 0 fully saturated rings. The van der Waals surface area contributed by atoms with Crippen LogP contribution in [0.15, 0.2) is 58.4 Å². The molecule has 8 heteroatoms. The number of fused-ring (bicyclic) bond motifs is 1. The summed E-state index contributed by atoms with van der Waals surface area (Å²) in [4.78, 5) is 30.5. The number of rotatable bonds is 4. The Labute approximate surface area is 167 Å². The normalized spacial score (nSPS) is 13.1. The number of halogens is 1. The number of ether oxygens (including phenoxy) is 1. The molecule has 0 saturated heterocycles. The van der Waals surface area contributed by atoms with Gasteiger partial charge in [-0.1, -0.05) is 40.2 Å². The third-order valence-electron chi connectivity index (χ3n) is 4.00. The molecule has 2 amide bonds. The van der Waals surface area contributed by atoms with E-state index >= 15 is 0 Å². The zero-order valence-corrected chi connectivity index (χ0v) is 16.4. The number of para-hydroxylation sites is 2. The highest BCUT2D eigenvalue weighted by Gasteiger charge is 2.27. The van der Waals surface area contributed by atoms with E-state index in [1.807, 2.05) is 35.7 Å². The molecule has 3 aromatic rings. The van der Waals surface area contributed by atoms with Crippen molar-refractivity contribution in [2.75, 3.05) is 23.4 Å². The van der Waals surface area contributed by atoms with Crippen molar-refractivity contribution in [3.8, 4) is 17.0 Å². The molecule has 1 aliphatic rings. The molecule has 0 radical (unpaired) electrons. The fourth-order valence-corrected chi connectivity index (χ4v) is 3.71. The predicted molar refractivity (Wildman–Crippen MR) is 108 cm³/mol. The third-order valence-corrected chi connectivity index (χ3v) is 5.29. The monoisotopic (exact) mass is 443 g/mol. The van der Waals surface area contributed by atoms with Gasteiger partial charge in [0.05, 0.1) is 11.4 Å². The topological polar surface area (TPSA) is 71.5 Å². The summed E-state index contributed by atoms with van der Waals surface area (Å²) in [5, 5.41) is 5.14. The van der Waals surface area contributed by atoms with Crippen molar-refractivity contribution < 1.29 is 14.3 Å². The number of thiazole rings is 1. The maximum absolute atomic E-state index is 12.4. The first-order valence-corrected chi connectivity index (χ1v) is 9.81. The number of amides is 2. The number of hydrogen-bond acceptors (Lipinski definition) is 5. The maximum Gasteiger partial charge on any atom is 0.265 e. The van der Waals surface area contributed by atoms with E-state index in [-0.39, 0.29) is 25.0 Å². The van der Waals surface area contributed by atoms with Gasteiger partial charge in [-0.05, 0) is 24.3 Å². The Bertz CT molecular complexity index is 1000. The molecule has 2 aromatic carbocycles. The molecule has 6 nitrogen and oxygen atoms in total. The number of hydrogen-bond donors (Lipinski definition) is 1. The van der Waals surface area contributed by atoms with Crippen LogP contribution in [0.1, 0.15) is 0 Å². The molecule has 2 heterocycles. The standard InChI is InChI=1S/C19H14BrN3O3S/c20-13-7-5-12(6-8-13)14-11-27-19(21-14)22-17(24)9-23-15-3-1-2-4-16(15)26-10-18(23)25/h1-8,11H,9-10H2,(H,21,22,24). The Morgan fingerprint density at radius 1 is 1.22 bits per heavy atom. The van der Waals surface area contributed by atoms with Crippen LogP contribution >= 0.6 is 27.3 Å². The van der Waals surface area contributed by atoms with Crippen LogP contribution in [0.4, 0.5) is 10.8 Å². The fourth-order valence-electron chi connectivity index (χ4n) is 2.71. The number of aromatic nitrogens is 1. The third kappa shape index (κ3) is 3.86. The van der Waals surface area contributed by atoms with Gasteiger partial charge in [0.15, 0.2) is 11.7 Å². The average molecular weight is 444 g/mol. The molecule has 0 unspecified atom stereocenters. The molecular formula is C19H14BrN3O3S. The average Bonchev–Trinajstić information content (AvgIpc) is 3.13. The van der Waals surface area contributed by atoms with Crippen LogP contribution in [0.2, 0.25) is 0 Å². The SMILES string of the molecule is O=C(CN1C(=O)COc2ccccc21)Nc1nc(-c2ccc(Br)cc2)cs1. The Morgan fingerprint density at radius 2 is 2.00 bits per heavy atom. The largest absolute Gasteiger partial charge is 0.482 e. The summed E-state index contributed by atoms with van der Waals surface area (Å²) in [5.74, 6) is 0.0342. The summed E-state index contributed by atoms with van der Waals surface area (Å²) in [5.41, 5.74) is 2.35. The Balaban J connectivity index is 1.46. The predicted octanol–water partition coefficient (Wildman–Crippen LogP) is 3.94. The number of anilines is 2. The zero-order chi connectivity index (χ0) is 18.8. The van der Waals surface area contributed by atoms with Gasteiger partial charge >= 0.3 is 0 Å². The van der Waals surface area contributed by atoms with E-state index in [0.717, 1.165) is 15.7 Å². The van der Waals surface area contributed by atoms with E-state index in [0.29, 0.717) is 16.6 Å². The summed E-state index contributed by atoms with van der Waals surface area (Å²) in [6, 6.07) is 14.9. The number of benzene rings is 2. The summed E-state index contributed by atoms with van der Waals surface area (Å²) in [7, 11) is 0. The van der Waals surface area contributed by atoms with Crippen molar-refractivity contribution in [2.24, 2.45) is 0 Å². The minimum absolute atomic E-state index is 0.0741. The Morgan fingerprint density at radius 3 is 2.81 bits per heavy atom. The van der Waals surface area contributed by atoms with Gasteiger partial charge < -0.3 is 10.1 Å². The van der Waals surface area contributed by atoms with E-state index in [1.165, 1.54) is 16.2 Å². The van der Waals surface area contributed by atoms with Gasteiger partial charge in [0.1, 0.15) is 12.3 Å². The molecular weight excluding hydrogens is 430 g/mol. The van der Waals surface area contributed by atoms with Crippen molar-refractivity contribution in [2.45, 2.75) is 0 Å². The first-order chi connectivity index (χ1) is 13.1. The van der Waals surface area contributed by atoms with Crippen molar-refractivity contribution >= 4 is 49.9 Å². The summed E-state index contributed by atoms with van der Waals surface area (Å²) in [6.07, 6.45) is 0. The van der Waals surface area contributed by atoms with Crippen LogP contribution in [0.3, 0.4) is 0 Å². The molecule has 0 saturated carbocycles. The minimum Gasteiger partial charge on any atom is -0.482 e. The second kappa shape index (κ2) is 7.50. The molecule has 0 bridgehead atoms. The van der Waals surface area contributed by atoms with Gasteiger partial charge in [-0.2, -0.15) is 0 Å². The van der Waals surface area contributed by atoms with Gasteiger partial charge in [-0.15, -0.1) is 11.3 Å². The van der Waals surface area contributed by atoms with Crippen LogP contribution in [0.25, 0.3) is 11.3 Å². The van der Waals surface area contributed by atoms with E-state index in [1.54, 1.807) is 18.2 Å². The lowest BCUT2D eigenvalue weighted by Gasteiger charge is -2.28. The second-order valence-electron chi connectivity index (χ2n) is 5.83. The van der Waals surface area contributed by atoms with E-state index < -0.39 is 0 Å². The molecule has 1 aromatic heterocycles. The molecule has 1 N–H and O–H groups in total. The van der Waals surface area contributed by atoms with Gasteiger partial charge in [-0.25, -0.2) is 4.98 Å². The van der Waals surface area contributed by atoms with Crippen LogP contribution in [-0.4, -0.2) is 29.9 Å². The van der Waals surface area contributed by atoms with Crippen molar-refractivity contribution in [1.82, 2.24) is 4.98 Å². The number of nitrogens with one attached hydrogen (secondary N) is 1. The highest BCUT2D eigenvalue weighted by Crippen LogP contribution is 2.31. The summed E-state index contributed by atoms with van der Waals surface area (Å²) >= 11 is 4.75. The second-order valence-corrected chi connectivity index (χ2v) is 7.60. The van der Waals surface area contributed by atoms with Crippen molar-refractivity contribution in [1.29, 1.82) is 0 Å². The lowest BCUT2D eigenvalue weighted by atomic mass is 10.2. The number of carbonyl (C=O) groups is 2. The summed E-state index contributed by atoms with van der Waals surface area (Å²) < 4.78 is 6.38. The molecule has 4 rings (SSSR count). The van der Waals surface area contributed by atoms with Crippen molar-refractivity contribution in [3.63, 3.8) is 0 Å². The molecule has 27 heavy (non-hydrogen) atoms. The van der Waals surface area contributed by atoms with E-state index in [9.17, 15) is 9.59 Å². The number of carbonyl (C=O) groups excluding carboxylic acids is 2. The highest BCUT2D eigenvalue weighted by molar-refractivity contribution is 9.10. The van der Waals surface area contributed by atoms with Gasteiger partial charge in [0, 0.05) is 15.4 Å². The van der Waals surface area contributed by atoms with Crippen LogP contribution in [0, 0.1) is 0 Å². The van der Waals surface area contributed by atoms with Gasteiger partial charge in [0.25, 0.3) is 5.91 Å². The smallest absolute Gasteiger partial charge is 0.265 e. The maximum atomic E-state index is 12.4. The molecule has 0 atom stereocenters. The van der Waals surface area contributed by atoms with E-state index in [4.69, 9.17) is 4.74 Å². The highest BCUT2D eigenvalue weighted by atomic mass is 79.9. The molecule has 0 spiro atoms. The quantitative estimate of drug-likeness (QED) is 0.662. The van der Waals surface area contributed by atoms with Gasteiger partial charge in [-0.3, -0.25) is 14.5 Å². The Kier molecular flexibility index (Phi) is 4.91. The lowest BCUT2D eigenvalue weighted by molar-refractivity contribution is -0.123. The van der Waals surface area contributed by atoms with Crippen molar-refractivity contribution in [3.05, 3.63) is 58.4 Å². The van der Waals surface area contributed by atoms with Crippen LogP contribution in [-0.2, 0) is 9.59 Å². The first kappa shape index (κ1) is 17.7. The molecule has 1 aliphatic heterocycles. The molecule has 0 aliphatic carbocycles. The molecule has 136 valence electrons. The summed E-state index contributed by atoms with van der Waals surface area (Å²) in [6.45, 7) is -0.165. The lowest BCUT2D eigenvalue weighted by Crippen LogP contribution is -2.43. The fraction of sp³-hybridized carbons (Fsp3) is 0.105. The first-order valence-electron chi connectivity index (χ1n) is 8.14. The number of nitrogens with zero attached hydrogens (tertiary/aromatic N) is 2. The van der Waals surface area contributed by atoms with Crippen LogP contribution < -0.4 is 15.0 Å². The zero-order valence-electron chi connectivity index (χ0n) is 14.0. The Hall–Kier alpha value is -2.71. The van der Waals surface area contributed by atoms with E-state index in [2.05, 4.69) is 26.2 Å². The van der Waals surface area contributed by atoms with Crippen LogP contribution in [0.5, 0.6) is 5.75 Å². The van der Waals surface area contributed by atoms with Gasteiger partial charge in [0.2, 0.25) is 5.91 Å². The minimum atomic E-state index is -0.309.